The lowest BCUT2D eigenvalue weighted by Crippen LogP contribution is -2.46. The van der Waals surface area contributed by atoms with Crippen molar-refractivity contribution in [2.75, 3.05) is 44.2 Å². The predicted octanol–water partition coefficient (Wildman–Crippen LogP) is 4.88. The molecule has 1 aliphatic rings. The van der Waals surface area contributed by atoms with Crippen LogP contribution in [0.25, 0.3) is 22.3 Å². The molecule has 0 aromatic heterocycles. The predicted molar refractivity (Wildman–Crippen MR) is 124 cm³/mol. The van der Waals surface area contributed by atoms with E-state index in [-0.39, 0.29) is 0 Å². The van der Waals surface area contributed by atoms with Crippen LogP contribution in [0, 0.1) is 0 Å². The van der Waals surface area contributed by atoms with E-state index in [1.54, 1.807) is 0 Å². The third kappa shape index (κ3) is 4.69. The van der Waals surface area contributed by atoms with Gasteiger partial charge in [0.15, 0.2) is 0 Å². The highest BCUT2D eigenvalue weighted by Crippen LogP contribution is 2.39. The molecule has 1 aliphatic heterocycles. The van der Waals surface area contributed by atoms with Crippen molar-refractivity contribution in [1.82, 2.24) is 4.90 Å². The largest absolute Gasteiger partial charge is 0.368 e. The summed E-state index contributed by atoms with van der Waals surface area (Å²) in [6.07, 6.45) is 2.33. The number of piperazine rings is 1. The van der Waals surface area contributed by atoms with Gasteiger partial charge in [-0.1, -0.05) is 72.8 Å². The fourth-order valence-electron chi connectivity index (χ4n) is 4.26. The molecule has 3 aromatic carbocycles. The number of hydrogen-bond acceptors (Lipinski definition) is 3. The van der Waals surface area contributed by atoms with Crippen LogP contribution in [0.1, 0.15) is 12.8 Å². The van der Waals surface area contributed by atoms with Crippen molar-refractivity contribution in [1.29, 1.82) is 0 Å². The maximum Gasteiger partial charge on any atom is 0.0453 e. The Labute approximate surface area is 174 Å². The molecule has 0 saturated carbocycles. The smallest absolute Gasteiger partial charge is 0.0453 e. The molecule has 0 bridgehead atoms. The summed E-state index contributed by atoms with van der Waals surface area (Å²) in [6.45, 7) is 6.34. The molecule has 0 unspecified atom stereocenters. The molecule has 1 saturated heterocycles. The van der Waals surface area contributed by atoms with Gasteiger partial charge >= 0.3 is 0 Å². The highest BCUT2D eigenvalue weighted by atomic mass is 15.3. The van der Waals surface area contributed by atoms with Gasteiger partial charge in [-0.15, -0.1) is 0 Å². The number of rotatable bonds is 7. The van der Waals surface area contributed by atoms with Crippen molar-refractivity contribution in [2.24, 2.45) is 5.73 Å². The second-order valence-corrected chi connectivity index (χ2v) is 7.76. The van der Waals surface area contributed by atoms with E-state index in [0.717, 1.165) is 39.1 Å². The van der Waals surface area contributed by atoms with E-state index in [2.05, 4.69) is 88.7 Å². The molecule has 2 N–H and O–H groups in total. The number of nitrogens with zero attached hydrogens (tertiary/aromatic N) is 2. The van der Waals surface area contributed by atoms with Crippen molar-refractivity contribution in [3.8, 4) is 22.3 Å². The molecule has 4 rings (SSSR count). The van der Waals surface area contributed by atoms with Gasteiger partial charge < -0.3 is 10.6 Å². The molecule has 0 amide bonds. The Bertz CT molecular complexity index is 884. The first-order chi connectivity index (χ1) is 14.4. The minimum Gasteiger partial charge on any atom is -0.368 e. The molecule has 3 nitrogen and oxygen atoms in total. The first-order valence-corrected chi connectivity index (χ1v) is 10.8. The zero-order chi connectivity index (χ0) is 19.9. The molecule has 0 aliphatic carbocycles. The van der Waals surface area contributed by atoms with Crippen LogP contribution in [0.3, 0.4) is 0 Å². The third-order valence-electron chi connectivity index (χ3n) is 5.83. The van der Waals surface area contributed by atoms with Crippen LogP contribution in [-0.4, -0.2) is 44.2 Å². The first kappa shape index (κ1) is 19.7. The summed E-state index contributed by atoms with van der Waals surface area (Å²) in [4.78, 5) is 5.14. The summed E-state index contributed by atoms with van der Waals surface area (Å²) in [6, 6.07) is 28.3. The van der Waals surface area contributed by atoms with Gasteiger partial charge in [-0.05, 0) is 48.7 Å². The highest BCUT2D eigenvalue weighted by molar-refractivity contribution is 5.92. The van der Waals surface area contributed by atoms with E-state index >= 15 is 0 Å². The molecule has 0 spiro atoms. The zero-order valence-electron chi connectivity index (χ0n) is 17.1. The summed E-state index contributed by atoms with van der Waals surface area (Å²) in [5, 5.41) is 0. The first-order valence-electron chi connectivity index (χ1n) is 10.8. The lowest BCUT2D eigenvalue weighted by atomic mass is 9.92. The average Bonchev–Trinajstić information content (AvgIpc) is 2.80. The SMILES string of the molecule is NCCCCN1CCN(c2cccc(-c3ccccc3)c2-c2ccccc2)CC1. The van der Waals surface area contributed by atoms with E-state index in [1.165, 1.54) is 40.9 Å². The Morgan fingerprint density at radius 1 is 0.655 bits per heavy atom. The molecule has 3 aromatic rings. The lowest BCUT2D eigenvalue weighted by Gasteiger charge is -2.37. The van der Waals surface area contributed by atoms with Crippen LogP contribution in [0.2, 0.25) is 0 Å². The lowest BCUT2D eigenvalue weighted by molar-refractivity contribution is 0.253. The van der Waals surface area contributed by atoms with E-state index in [9.17, 15) is 0 Å². The van der Waals surface area contributed by atoms with Gasteiger partial charge in [0.25, 0.3) is 0 Å². The fourth-order valence-corrected chi connectivity index (χ4v) is 4.26. The Morgan fingerprint density at radius 2 is 1.31 bits per heavy atom. The van der Waals surface area contributed by atoms with E-state index in [1.807, 2.05) is 0 Å². The zero-order valence-corrected chi connectivity index (χ0v) is 17.1. The number of hydrogen-bond donors (Lipinski definition) is 1. The summed E-state index contributed by atoms with van der Waals surface area (Å²) >= 11 is 0. The highest BCUT2D eigenvalue weighted by Gasteiger charge is 2.21. The van der Waals surface area contributed by atoms with E-state index < -0.39 is 0 Å². The number of unbranched alkanes of at least 4 members (excludes halogenated alkanes) is 1. The monoisotopic (exact) mass is 385 g/mol. The third-order valence-corrected chi connectivity index (χ3v) is 5.83. The van der Waals surface area contributed by atoms with Crippen LogP contribution in [0.5, 0.6) is 0 Å². The normalized spacial score (nSPS) is 14.9. The maximum absolute atomic E-state index is 5.65. The Hall–Kier alpha value is -2.62. The van der Waals surface area contributed by atoms with Gasteiger partial charge in [0.05, 0.1) is 0 Å². The number of nitrogens with two attached hydrogens (primary N) is 1. The Balaban J connectivity index is 1.64. The van der Waals surface area contributed by atoms with Gasteiger partial charge in [0.1, 0.15) is 0 Å². The van der Waals surface area contributed by atoms with Crippen LogP contribution >= 0.6 is 0 Å². The summed E-state index contributed by atoms with van der Waals surface area (Å²) < 4.78 is 0. The second kappa shape index (κ2) is 9.73. The van der Waals surface area contributed by atoms with Crippen LogP contribution in [-0.2, 0) is 0 Å². The Morgan fingerprint density at radius 3 is 1.97 bits per heavy atom. The summed E-state index contributed by atoms with van der Waals surface area (Å²) in [5.41, 5.74) is 12.2. The topological polar surface area (TPSA) is 32.5 Å². The van der Waals surface area contributed by atoms with Crippen LogP contribution < -0.4 is 10.6 Å². The van der Waals surface area contributed by atoms with Gasteiger partial charge in [0, 0.05) is 37.4 Å². The molecule has 3 heteroatoms. The molecule has 1 heterocycles. The molecule has 1 fully saturated rings. The fraction of sp³-hybridized carbons (Fsp3) is 0.308. The molecular weight excluding hydrogens is 354 g/mol. The van der Waals surface area contributed by atoms with Crippen molar-refractivity contribution >= 4 is 5.69 Å². The quantitative estimate of drug-likeness (QED) is 0.588. The molecule has 150 valence electrons. The van der Waals surface area contributed by atoms with Crippen molar-refractivity contribution in [2.45, 2.75) is 12.8 Å². The maximum atomic E-state index is 5.65. The second-order valence-electron chi connectivity index (χ2n) is 7.76. The van der Waals surface area contributed by atoms with Crippen LogP contribution in [0.4, 0.5) is 5.69 Å². The van der Waals surface area contributed by atoms with Crippen LogP contribution in [0.15, 0.2) is 78.9 Å². The van der Waals surface area contributed by atoms with Crippen molar-refractivity contribution < 1.29 is 0 Å². The van der Waals surface area contributed by atoms with Gasteiger partial charge in [-0.3, -0.25) is 4.90 Å². The average molecular weight is 386 g/mol. The van der Waals surface area contributed by atoms with Crippen molar-refractivity contribution in [3.63, 3.8) is 0 Å². The van der Waals surface area contributed by atoms with Gasteiger partial charge in [-0.25, -0.2) is 0 Å². The van der Waals surface area contributed by atoms with E-state index in [0.29, 0.717) is 0 Å². The van der Waals surface area contributed by atoms with E-state index in [4.69, 9.17) is 5.73 Å². The van der Waals surface area contributed by atoms with Gasteiger partial charge in [-0.2, -0.15) is 0 Å². The summed E-state index contributed by atoms with van der Waals surface area (Å²) in [7, 11) is 0. The minimum atomic E-state index is 0.798. The summed E-state index contributed by atoms with van der Waals surface area (Å²) in [5.74, 6) is 0. The Kier molecular flexibility index (Phi) is 6.60. The molecule has 29 heavy (non-hydrogen) atoms. The number of benzene rings is 3. The van der Waals surface area contributed by atoms with Gasteiger partial charge in [0.2, 0.25) is 0 Å². The molecule has 0 radical (unpaired) electrons. The standard InChI is InChI=1S/C26H31N3/c27-16-7-8-17-28-18-20-29(21-19-28)25-15-9-14-24(22-10-3-1-4-11-22)26(25)23-12-5-2-6-13-23/h1-6,9-15H,7-8,16-21,27H2. The molecular formula is C26H31N3. The molecule has 0 atom stereocenters. The van der Waals surface area contributed by atoms with Crippen molar-refractivity contribution in [3.05, 3.63) is 78.9 Å². The minimum absolute atomic E-state index is 0.798. The number of anilines is 1.